The second kappa shape index (κ2) is 9.84. The van der Waals surface area contributed by atoms with Gasteiger partial charge >= 0.3 is 0 Å². The number of hydrogen-bond donors (Lipinski definition) is 2. The molecule has 3 heterocycles. The molecular formula is C20H31N7S. The molecule has 0 aromatic carbocycles. The summed E-state index contributed by atoms with van der Waals surface area (Å²) in [6, 6.07) is 4.86. The molecule has 0 aliphatic carbocycles. The van der Waals surface area contributed by atoms with Crippen LogP contribution in [-0.4, -0.2) is 52.3 Å². The van der Waals surface area contributed by atoms with Gasteiger partial charge in [-0.3, -0.25) is 4.90 Å². The summed E-state index contributed by atoms with van der Waals surface area (Å²) < 4.78 is 1.97. The molecule has 0 amide bonds. The number of aromatic nitrogens is 3. The lowest BCUT2D eigenvalue weighted by atomic mass is 9.88. The zero-order valence-corrected chi connectivity index (χ0v) is 17.9. The van der Waals surface area contributed by atoms with E-state index in [9.17, 15) is 0 Å². The third-order valence-electron chi connectivity index (χ3n) is 5.35. The zero-order chi connectivity index (χ0) is 19.9. The highest BCUT2D eigenvalue weighted by Gasteiger charge is 2.31. The summed E-state index contributed by atoms with van der Waals surface area (Å²) in [5, 5.41) is 17.3. The Morgan fingerprint density at radius 3 is 2.93 bits per heavy atom. The highest BCUT2D eigenvalue weighted by atomic mass is 32.1. The van der Waals surface area contributed by atoms with Crippen LogP contribution in [0.25, 0.3) is 0 Å². The summed E-state index contributed by atoms with van der Waals surface area (Å²) in [6.45, 7) is 8.93. The number of aryl methyl sites for hydroxylation is 1. The predicted octanol–water partition coefficient (Wildman–Crippen LogP) is 2.49. The number of nitrogens with one attached hydrogen (secondary N) is 2. The number of hydrogen-bond acceptors (Lipinski definition) is 5. The fourth-order valence-electron chi connectivity index (χ4n) is 3.69. The monoisotopic (exact) mass is 401 g/mol. The van der Waals surface area contributed by atoms with Gasteiger partial charge in [-0.2, -0.15) is 0 Å². The van der Waals surface area contributed by atoms with Gasteiger partial charge < -0.3 is 15.2 Å². The van der Waals surface area contributed by atoms with Gasteiger partial charge in [-0.05, 0) is 50.7 Å². The van der Waals surface area contributed by atoms with Crippen molar-refractivity contribution in [2.75, 3.05) is 26.7 Å². The normalized spacial score (nSPS) is 20.9. The first-order valence-corrected chi connectivity index (χ1v) is 10.7. The van der Waals surface area contributed by atoms with Crippen molar-refractivity contribution in [3.05, 3.63) is 46.7 Å². The smallest absolute Gasteiger partial charge is 0.191 e. The summed E-state index contributed by atoms with van der Waals surface area (Å²) in [5.74, 6) is 3.08. The fourth-order valence-corrected chi connectivity index (χ4v) is 4.68. The van der Waals surface area contributed by atoms with Crippen LogP contribution in [0.4, 0.5) is 0 Å². The van der Waals surface area contributed by atoms with Gasteiger partial charge in [-0.15, -0.1) is 28.1 Å². The molecule has 1 saturated heterocycles. The Morgan fingerprint density at radius 2 is 2.25 bits per heavy atom. The number of aliphatic imine (C=N–C) groups is 1. The zero-order valence-electron chi connectivity index (χ0n) is 17.1. The number of likely N-dealkylation sites (tertiary alicyclic amines) is 1. The fraction of sp³-hybridized carbons (Fsp3) is 0.550. The van der Waals surface area contributed by atoms with Crippen molar-refractivity contribution in [2.24, 2.45) is 18.0 Å². The first-order chi connectivity index (χ1) is 13.6. The maximum Gasteiger partial charge on any atom is 0.191 e. The lowest BCUT2D eigenvalue weighted by Crippen LogP contribution is -2.45. The molecule has 2 aromatic rings. The third-order valence-corrected chi connectivity index (χ3v) is 6.29. The van der Waals surface area contributed by atoms with Gasteiger partial charge in [0.15, 0.2) is 11.8 Å². The summed E-state index contributed by atoms with van der Waals surface area (Å²) in [4.78, 5) is 8.64. The molecule has 1 aliphatic rings. The van der Waals surface area contributed by atoms with Crippen LogP contribution in [0.5, 0.6) is 0 Å². The molecule has 8 heteroatoms. The Morgan fingerprint density at radius 1 is 1.39 bits per heavy atom. The average molecular weight is 402 g/mol. The van der Waals surface area contributed by atoms with Crippen LogP contribution < -0.4 is 10.6 Å². The van der Waals surface area contributed by atoms with Crippen LogP contribution in [0, 0.1) is 12.8 Å². The Bertz CT molecular complexity index is 781. The molecule has 152 valence electrons. The first kappa shape index (κ1) is 20.5. The van der Waals surface area contributed by atoms with E-state index in [4.69, 9.17) is 4.99 Å². The highest BCUT2D eigenvalue weighted by Crippen LogP contribution is 2.36. The molecule has 1 fully saturated rings. The molecule has 0 spiro atoms. The van der Waals surface area contributed by atoms with Gasteiger partial charge in [0.25, 0.3) is 0 Å². The van der Waals surface area contributed by atoms with Crippen molar-refractivity contribution in [1.29, 1.82) is 0 Å². The lowest BCUT2D eigenvalue weighted by Gasteiger charge is -2.39. The number of nitrogens with zero attached hydrogens (tertiary/aromatic N) is 5. The molecule has 2 atom stereocenters. The van der Waals surface area contributed by atoms with Crippen LogP contribution in [-0.2, 0) is 13.6 Å². The van der Waals surface area contributed by atoms with Crippen LogP contribution in [0.2, 0.25) is 0 Å². The predicted molar refractivity (Wildman–Crippen MR) is 115 cm³/mol. The molecule has 2 aromatic heterocycles. The number of piperidine rings is 1. The van der Waals surface area contributed by atoms with Crippen LogP contribution in [0.3, 0.4) is 0 Å². The summed E-state index contributed by atoms with van der Waals surface area (Å²) in [7, 11) is 4.20. The van der Waals surface area contributed by atoms with E-state index in [1.54, 1.807) is 0 Å². The van der Waals surface area contributed by atoms with E-state index in [1.807, 2.05) is 36.0 Å². The number of thiophene rings is 1. The lowest BCUT2D eigenvalue weighted by molar-refractivity contribution is 0.125. The Kier molecular flexibility index (Phi) is 7.22. The molecule has 28 heavy (non-hydrogen) atoms. The first-order valence-electron chi connectivity index (χ1n) is 9.81. The average Bonchev–Trinajstić information content (AvgIpc) is 3.32. The van der Waals surface area contributed by atoms with E-state index in [1.165, 1.54) is 17.7 Å². The number of rotatable bonds is 7. The third kappa shape index (κ3) is 4.99. The van der Waals surface area contributed by atoms with E-state index >= 15 is 0 Å². The molecule has 0 bridgehead atoms. The molecule has 2 unspecified atom stereocenters. The van der Waals surface area contributed by atoms with Gasteiger partial charge in [0.1, 0.15) is 12.4 Å². The van der Waals surface area contributed by atoms with Gasteiger partial charge in [0.2, 0.25) is 0 Å². The van der Waals surface area contributed by atoms with E-state index in [-0.39, 0.29) is 0 Å². The Labute approximate surface area is 171 Å². The van der Waals surface area contributed by atoms with E-state index < -0.39 is 0 Å². The second-order valence-electron chi connectivity index (χ2n) is 7.28. The van der Waals surface area contributed by atoms with Crippen molar-refractivity contribution in [2.45, 2.75) is 32.4 Å². The summed E-state index contributed by atoms with van der Waals surface area (Å²) in [6.07, 6.45) is 4.29. The van der Waals surface area contributed by atoms with Gasteiger partial charge in [0, 0.05) is 31.1 Å². The molecule has 0 saturated carbocycles. The van der Waals surface area contributed by atoms with Crippen LogP contribution in [0.15, 0.2) is 35.2 Å². The molecule has 0 radical (unpaired) electrons. The van der Waals surface area contributed by atoms with Crippen molar-refractivity contribution < 1.29 is 0 Å². The van der Waals surface area contributed by atoms with Gasteiger partial charge in [-0.25, -0.2) is 4.99 Å². The van der Waals surface area contributed by atoms with Crippen molar-refractivity contribution in [3.63, 3.8) is 0 Å². The van der Waals surface area contributed by atoms with Crippen LogP contribution >= 0.6 is 11.3 Å². The van der Waals surface area contributed by atoms with Crippen molar-refractivity contribution in [3.8, 4) is 0 Å². The molecular weight excluding hydrogens is 370 g/mol. The molecule has 3 rings (SSSR count). The summed E-state index contributed by atoms with van der Waals surface area (Å²) >= 11 is 1.85. The highest BCUT2D eigenvalue weighted by molar-refractivity contribution is 7.10. The van der Waals surface area contributed by atoms with E-state index in [0.717, 1.165) is 30.7 Å². The largest absolute Gasteiger partial charge is 0.356 e. The minimum Gasteiger partial charge on any atom is -0.356 e. The maximum atomic E-state index is 4.71. The van der Waals surface area contributed by atoms with Crippen molar-refractivity contribution >= 4 is 17.3 Å². The minimum atomic E-state index is 0.461. The topological polar surface area (TPSA) is 70.4 Å². The number of guanidine groups is 1. The second-order valence-corrected chi connectivity index (χ2v) is 8.26. The molecule has 7 nitrogen and oxygen atoms in total. The maximum absolute atomic E-state index is 4.71. The Hall–Kier alpha value is -2.19. The SMILES string of the molecule is C=CCNC(=NCc1nnc(C)n1C)NCC1CCCN(C)C1c1cccs1. The molecule has 1 aliphatic heterocycles. The van der Waals surface area contributed by atoms with E-state index in [2.05, 4.69) is 56.9 Å². The Balaban J connectivity index is 1.67. The summed E-state index contributed by atoms with van der Waals surface area (Å²) in [5.41, 5.74) is 0. The van der Waals surface area contributed by atoms with Gasteiger partial charge in [0.05, 0.1) is 0 Å². The van der Waals surface area contributed by atoms with Gasteiger partial charge in [-0.1, -0.05) is 12.1 Å². The minimum absolute atomic E-state index is 0.461. The standard InChI is InChI=1S/C20H31N7S/c1-5-10-21-20(23-14-18-25-24-15(2)27(18)4)22-13-16-8-6-11-26(3)19(16)17-9-7-12-28-17/h5,7,9,12,16,19H,1,6,8,10-11,13-14H2,2-4H3,(H2,21,22,23). The van der Waals surface area contributed by atoms with Crippen molar-refractivity contribution in [1.82, 2.24) is 30.3 Å². The quantitative estimate of drug-likeness (QED) is 0.424. The molecule has 2 N–H and O–H groups in total. The van der Waals surface area contributed by atoms with Crippen LogP contribution in [0.1, 0.15) is 35.4 Å². The van der Waals surface area contributed by atoms with E-state index in [0.29, 0.717) is 25.0 Å².